The van der Waals surface area contributed by atoms with Crippen molar-refractivity contribution in [1.82, 2.24) is 14.5 Å². The van der Waals surface area contributed by atoms with Crippen molar-refractivity contribution in [2.45, 2.75) is 58.2 Å². The number of hydrogen-bond acceptors (Lipinski definition) is 3. The SMILES string of the molecule is Cc1ccc2c(c1)c1c(n2CC(CC(C)(C)O)c2ccncc2)CCN(C)C1. The summed E-state index contributed by atoms with van der Waals surface area (Å²) in [7, 11) is 2.20. The Morgan fingerprint density at radius 3 is 2.64 bits per heavy atom. The van der Waals surface area contributed by atoms with Crippen LogP contribution in [0.1, 0.15) is 48.6 Å². The molecule has 0 saturated heterocycles. The standard InChI is InChI=1S/C24H31N3O/c1-17-5-6-22-20(13-17)21-16-26(4)12-9-23(21)27(22)15-19(14-24(2,3)28)18-7-10-25-11-8-18/h5-8,10-11,13,19,28H,9,12,14-16H2,1-4H3. The fraction of sp³-hybridized carbons (Fsp3) is 0.458. The second-order valence-corrected chi connectivity index (χ2v) is 9.04. The minimum absolute atomic E-state index is 0.239. The fourth-order valence-electron chi connectivity index (χ4n) is 4.65. The first-order valence-corrected chi connectivity index (χ1v) is 10.2. The molecule has 1 aliphatic heterocycles. The van der Waals surface area contributed by atoms with Gasteiger partial charge < -0.3 is 14.6 Å². The lowest BCUT2D eigenvalue weighted by molar-refractivity contribution is 0.0609. The van der Waals surface area contributed by atoms with Crippen molar-refractivity contribution < 1.29 is 5.11 Å². The van der Waals surface area contributed by atoms with Gasteiger partial charge in [-0.25, -0.2) is 0 Å². The zero-order valence-electron chi connectivity index (χ0n) is 17.4. The average Bonchev–Trinajstić information content (AvgIpc) is 2.93. The van der Waals surface area contributed by atoms with E-state index in [4.69, 9.17) is 0 Å². The van der Waals surface area contributed by atoms with E-state index >= 15 is 0 Å². The van der Waals surface area contributed by atoms with E-state index in [0.29, 0.717) is 0 Å². The molecule has 28 heavy (non-hydrogen) atoms. The van der Waals surface area contributed by atoms with E-state index in [9.17, 15) is 5.11 Å². The molecule has 0 spiro atoms. The molecule has 1 aromatic carbocycles. The number of hydrogen-bond donors (Lipinski definition) is 1. The van der Waals surface area contributed by atoms with Crippen LogP contribution in [-0.2, 0) is 19.5 Å². The number of benzene rings is 1. The Kier molecular flexibility index (Phi) is 5.02. The molecule has 1 unspecified atom stereocenters. The highest BCUT2D eigenvalue weighted by Crippen LogP contribution is 2.35. The molecule has 0 aliphatic carbocycles. The third kappa shape index (κ3) is 3.85. The lowest BCUT2D eigenvalue weighted by atomic mass is 9.88. The Bertz CT molecular complexity index is 969. The van der Waals surface area contributed by atoms with E-state index in [2.05, 4.69) is 58.8 Å². The molecule has 4 rings (SSSR count). The van der Waals surface area contributed by atoms with E-state index < -0.39 is 5.60 Å². The van der Waals surface area contributed by atoms with E-state index in [1.807, 2.05) is 26.2 Å². The maximum Gasteiger partial charge on any atom is 0.0598 e. The van der Waals surface area contributed by atoms with Crippen molar-refractivity contribution in [2.75, 3.05) is 13.6 Å². The lowest BCUT2D eigenvalue weighted by Gasteiger charge is -2.28. The molecule has 148 valence electrons. The minimum atomic E-state index is -0.715. The van der Waals surface area contributed by atoms with Gasteiger partial charge in [-0.05, 0) is 69.6 Å². The normalized spacial score (nSPS) is 16.3. The van der Waals surface area contributed by atoms with Crippen LogP contribution in [0, 0.1) is 6.92 Å². The molecule has 1 atom stereocenters. The summed E-state index contributed by atoms with van der Waals surface area (Å²) in [6.45, 7) is 8.96. The Balaban J connectivity index is 1.81. The average molecular weight is 378 g/mol. The van der Waals surface area contributed by atoms with Gasteiger partial charge in [0, 0.05) is 61.0 Å². The number of aryl methyl sites for hydroxylation is 1. The summed E-state index contributed by atoms with van der Waals surface area (Å²) < 4.78 is 2.52. The summed E-state index contributed by atoms with van der Waals surface area (Å²) in [6, 6.07) is 11.0. The number of aromatic nitrogens is 2. The van der Waals surface area contributed by atoms with Crippen LogP contribution in [0.5, 0.6) is 0 Å². The molecule has 0 fully saturated rings. The molecule has 3 aromatic rings. The highest BCUT2D eigenvalue weighted by Gasteiger charge is 2.27. The van der Waals surface area contributed by atoms with Gasteiger partial charge in [-0.15, -0.1) is 0 Å². The zero-order valence-corrected chi connectivity index (χ0v) is 17.4. The summed E-state index contributed by atoms with van der Waals surface area (Å²) in [5.74, 6) is 0.239. The van der Waals surface area contributed by atoms with Crippen LogP contribution in [0.4, 0.5) is 0 Å². The predicted octanol–water partition coefficient (Wildman–Crippen LogP) is 4.28. The number of likely N-dealkylation sites (N-methyl/N-ethyl adjacent to an activating group) is 1. The van der Waals surface area contributed by atoms with Crippen LogP contribution in [0.25, 0.3) is 10.9 Å². The van der Waals surface area contributed by atoms with Crippen LogP contribution in [0.2, 0.25) is 0 Å². The van der Waals surface area contributed by atoms with Gasteiger partial charge in [0.05, 0.1) is 5.60 Å². The Hall–Kier alpha value is -2.17. The van der Waals surface area contributed by atoms with Gasteiger partial charge in [-0.2, -0.15) is 0 Å². The number of pyridine rings is 1. The Labute approximate surface area is 167 Å². The lowest BCUT2D eigenvalue weighted by Crippen LogP contribution is -2.29. The van der Waals surface area contributed by atoms with Gasteiger partial charge in [0.1, 0.15) is 0 Å². The van der Waals surface area contributed by atoms with Crippen molar-refractivity contribution >= 4 is 10.9 Å². The largest absolute Gasteiger partial charge is 0.390 e. The molecule has 0 radical (unpaired) electrons. The van der Waals surface area contributed by atoms with Gasteiger partial charge in [0.15, 0.2) is 0 Å². The quantitative estimate of drug-likeness (QED) is 0.722. The molecule has 2 aromatic heterocycles. The van der Waals surface area contributed by atoms with Crippen molar-refractivity contribution in [3.63, 3.8) is 0 Å². The van der Waals surface area contributed by atoms with Crippen LogP contribution in [0.15, 0.2) is 42.7 Å². The summed E-state index contributed by atoms with van der Waals surface area (Å²) >= 11 is 0. The Morgan fingerprint density at radius 2 is 1.93 bits per heavy atom. The van der Waals surface area contributed by atoms with E-state index in [-0.39, 0.29) is 5.92 Å². The van der Waals surface area contributed by atoms with Crippen molar-refractivity contribution in [1.29, 1.82) is 0 Å². The van der Waals surface area contributed by atoms with E-state index in [1.165, 1.54) is 33.3 Å². The van der Waals surface area contributed by atoms with Crippen molar-refractivity contribution in [3.8, 4) is 0 Å². The number of aliphatic hydroxyl groups is 1. The maximum absolute atomic E-state index is 10.6. The number of rotatable bonds is 5. The Morgan fingerprint density at radius 1 is 1.18 bits per heavy atom. The molecule has 4 heteroatoms. The second kappa shape index (κ2) is 7.34. The predicted molar refractivity (Wildman–Crippen MR) is 115 cm³/mol. The third-order valence-electron chi connectivity index (χ3n) is 5.93. The van der Waals surface area contributed by atoms with Gasteiger partial charge >= 0.3 is 0 Å². The summed E-state index contributed by atoms with van der Waals surface area (Å²) in [6.07, 6.45) is 5.50. The molecule has 0 saturated carbocycles. The van der Waals surface area contributed by atoms with E-state index in [0.717, 1.165) is 32.5 Å². The number of fused-ring (bicyclic) bond motifs is 3. The molecule has 0 bridgehead atoms. The van der Waals surface area contributed by atoms with Crippen LogP contribution >= 0.6 is 0 Å². The molecule has 1 N–H and O–H groups in total. The topological polar surface area (TPSA) is 41.3 Å². The van der Waals surface area contributed by atoms with Crippen LogP contribution in [0.3, 0.4) is 0 Å². The molecule has 4 nitrogen and oxygen atoms in total. The molecule has 3 heterocycles. The van der Waals surface area contributed by atoms with Crippen LogP contribution in [-0.4, -0.2) is 38.8 Å². The monoisotopic (exact) mass is 377 g/mol. The second-order valence-electron chi connectivity index (χ2n) is 9.04. The molecular formula is C24H31N3O. The third-order valence-corrected chi connectivity index (χ3v) is 5.93. The van der Waals surface area contributed by atoms with Crippen molar-refractivity contribution in [3.05, 3.63) is 65.1 Å². The van der Waals surface area contributed by atoms with Gasteiger partial charge in [0.25, 0.3) is 0 Å². The van der Waals surface area contributed by atoms with Gasteiger partial charge in [0.2, 0.25) is 0 Å². The molecule has 0 amide bonds. The van der Waals surface area contributed by atoms with Gasteiger partial charge in [-0.3, -0.25) is 4.98 Å². The highest BCUT2D eigenvalue weighted by molar-refractivity contribution is 5.86. The first kappa shape index (κ1) is 19.2. The first-order valence-electron chi connectivity index (χ1n) is 10.2. The van der Waals surface area contributed by atoms with E-state index in [1.54, 1.807) is 0 Å². The van der Waals surface area contributed by atoms with Gasteiger partial charge in [-0.1, -0.05) is 11.6 Å². The molecular weight excluding hydrogens is 346 g/mol. The zero-order chi connectivity index (χ0) is 19.9. The maximum atomic E-state index is 10.6. The number of nitrogens with zero attached hydrogens (tertiary/aromatic N) is 3. The summed E-state index contributed by atoms with van der Waals surface area (Å²) in [4.78, 5) is 6.59. The first-order chi connectivity index (χ1) is 13.3. The highest BCUT2D eigenvalue weighted by atomic mass is 16.3. The fourth-order valence-corrected chi connectivity index (χ4v) is 4.65. The summed E-state index contributed by atoms with van der Waals surface area (Å²) in [5.41, 5.74) is 6.10. The summed E-state index contributed by atoms with van der Waals surface area (Å²) in [5, 5.41) is 12.0. The smallest absolute Gasteiger partial charge is 0.0598 e. The van der Waals surface area contributed by atoms with Crippen LogP contribution < -0.4 is 0 Å². The van der Waals surface area contributed by atoms with Crippen molar-refractivity contribution in [2.24, 2.45) is 0 Å². The molecule has 1 aliphatic rings. The minimum Gasteiger partial charge on any atom is -0.390 e.